The zero-order valence-electron chi connectivity index (χ0n) is 18.5. The molecule has 0 bridgehead atoms. The van der Waals surface area contributed by atoms with Gasteiger partial charge in [0.25, 0.3) is 5.91 Å². The maximum absolute atomic E-state index is 12.5. The molecular formula is C25H22Cl2N2O5. The third kappa shape index (κ3) is 6.97. The number of nitrogens with zero attached hydrogens (tertiary/aromatic N) is 1. The molecule has 0 spiro atoms. The van der Waals surface area contributed by atoms with Gasteiger partial charge in [-0.3, -0.25) is 4.79 Å². The first-order chi connectivity index (χ1) is 16.4. The van der Waals surface area contributed by atoms with Gasteiger partial charge in [-0.05, 0) is 67.4 Å². The van der Waals surface area contributed by atoms with E-state index >= 15 is 0 Å². The molecule has 0 unspecified atom stereocenters. The highest BCUT2D eigenvalue weighted by molar-refractivity contribution is 6.36. The summed E-state index contributed by atoms with van der Waals surface area (Å²) in [7, 11) is 0. The van der Waals surface area contributed by atoms with Crippen molar-refractivity contribution in [2.45, 2.75) is 13.8 Å². The van der Waals surface area contributed by atoms with Crippen LogP contribution in [0.4, 0.5) is 0 Å². The van der Waals surface area contributed by atoms with Gasteiger partial charge in [0, 0.05) is 5.02 Å². The van der Waals surface area contributed by atoms with Gasteiger partial charge in [-0.15, -0.1) is 0 Å². The summed E-state index contributed by atoms with van der Waals surface area (Å²) in [4.78, 5) is 24.5. The van der Waals surface area contributed by atoms with Crippen LogP contribution in [0.2, 0.25) is 10.0 Å². The molecule has 0 saturated heterocycles. The monoisotopic (exact) mass is 500 g/mol. The first kappa shape index (κ1) is 25.1. The fourth-order valence-corrected chi connectivity index (χ4v) is 3.33. The van der Waals surface area contributed by atoms with Crippen LogP contribution in [0.1, 0.15) is 28.4 Å². The smallest absolute Gasteiger partial charge is 0.345 e. The third-order valence-corrected chi connectivity index (χ3v) is 5.02. The summed E-state index contributed by atoms with van der Waals surface area (Å²) in [5.74, 6) is 0.123. The van der Waals surface area contributed by atoms with E-state index in [0.29, 0.717) is 28.7 Å². The molecule has 0 aliphatic rings. The summed E-state index contributed by atoms with van der Waals surface area (Å²) < 4.78 is 16.5. The molecule has 3 aromatic carbocycles. The minimum atomic E-state index is -0.648. The van der Waals surface area contributed by atoms with Crippen molar-refractivity contribution < 1.29 is 23.8 Å². The van der Waals surface area contributed by atoms with Gasteiger partial charge in [0.2, 0.25) is 0 Å². The van der Waals surface area contributed by atoms with Crippen molar-refractivity contribution in [3.8, 4) is 17.2 Å². The van der Waals surface area contributed by atoms with Gasteiger partial charge >= 0.3 is 5.97 Å². The molecule has 3 aromatic rings. The zero-order chi connectivity index (χ0) is 24.5. The molecule has 3 rings (SSSR count). The molecule has 0 saturated carbocycles. The van der Waals surface area contributed by atoms with Gasteiger partial charge in [0.1, 0.15) is 5.75 Å². The molecule has 1 N–H and O–H groups in total. The number of hydrogen-bond donors (Lipinski definition) is 1. The fourth-order valence-electron chi connectivity index (χ4n) is 2.84. The lowest BCUT2D eigenvalue weighted by molar-refractivity contribution is -0.123. The second-order valence-electron chi connectivity index (χ2n) is 7.00. The molecule has 0 aromatic heterocycles. The summed E-state index contributed by atoms with van der Waals surface area (Å²) in [6, 6.07) is 16.8. The molecular weight excluding hydrogens is 479 g/mol. The van der Waals surface area contributed by atoms with Crippen molar-refractivity contribution in [1.29, 1.82) is 0 Å². The summed E-state index contributed by atoms with van der Waals surface area (Å²) in [5.41, 5.74) is 4.13. The quantitative estimate of drug-likeness (QED) is 0.182. The minimum absolute atomic E-state index is 0.172. The molecule has 9 heteroatoms. The number of esters is 1. The number of rotatable bonds is 9. The predicted molar refractivity (Wildman–Crippen MR) is 131 cm³/mol. The van der Waals surface area contributed by atoms with Crippen molar-refractivity contribution >= 4 is 41.3 Å². The Morgan fingerprint density at radius 1 is 0.971 bits per heavy atom. The Morgan fingerprint density at radius 2 is 1.76 bits per heavy atom. The molecule has 0 aliphatic heterocycles. The number of hydrogen-bond acceptors (Lipinski definition) is 6. The lowest BCUT2D eigenvalue weighted by Gasteiger charge is -2.12. The summed E-state index contributed by atoms with van der Waals surface area (Å²) in [5, 5.41) is 4.53. The van der Waals surface area contributed by atoms with Crippen LogP contribution in [0.15, 0.2) is 65.8 Å². The molecule has 1 amide bonds. The average molecular weight is 501 g/mol. The van der Waals surface area contributed by atoms with Gasteiger partial charge in [-0.2, -0.15) is 5.10 Å². The first-order valence-electron chi connectivity index (χ1n) is 10.3. The number of aryl methyl sites for hydroxylation is 1. The number of para-hydroxylation sites is 1. The average Bonchev–Trinajstić information content (AvgIpc) is 2.80. The molecule has 0 radical (unpaired) electrons. The molecule has 0 fully saturated rings. The van der Waals surface area contributed by atoms with Crippen LogP contribution in [0.5, 0.6) is 17.2 Å². The van der Waals surface area contributed by atoms with Gasteiger partial charge in [0.05, 0.1) is 23.4 Å². The maximum Gasteiger partial charge on any atom is 0.345 e. The molecule has 7 nitrogen and oxygen atoms in total. The van der Waals surface area contributed by atoms with Crippen LogP contribution in [0.25, 0.3) is 0 Å². The van der Waals surface area contributed by atoms with Gasteiger partial charge in [-0.1, -0.05) is 41.4 Å². The van der Waals surface area contributed by atoms with E-state index in [1.54, 1.807) is 37.3 Å². The Bertz CT molecular complexity index is 1210. The molecule has 0 atom stereocenters. The van der Waals surface area contributed by atoms with Crippen LogP contribution in [0.3, 0.4) is 0 Å². The van der Waals surface area contributed by atoms with Gasteiger partial charge in [0.15, 0.2) is 18.1 Å². The Morgan fingerprint density at radius 3 is 2.50 bits per heavy atom. The number of amides is 1. The molecule has 0 aliphatic carbocycles. The van der Waals surface area contributed by atoms with E-state index in [9.17, 15) is 9.59 Å². The topological polar surface area (TPSA) is 86.2 Å². The van der Waals surface area contributed by atoms with Crippen molar-refractivity contribution in [3.63, 3.8) is 0 Å². The van der Waals surface area contributed by atoms with Crippen molar-refractivity contribution in [1.82, 2.24) is 5.43 Å². The van der Waals surface area contributed by atoms with Crippen LogP contribution < -0.4 is 19.6 Å². The maximum atomic E-state index is 12.5. The molecule has 0 heterocycles. The summed E-state index contributed by atoms with van der Waals surface area (Å²) in [6.45, 7) is 3.87. The first-order valence-corrected chi connectivity index (χ1v) is 11.1. The van der Waals surface area contributed by atoms with Gasteiger partial charge in [-0.25, -0.2) is 10.2 Å². The minimum Gasteiger partial charge on any atom is -0.490 e. The molecule has 34 heavy (non-hydrogen) atoms. The van der Waals surface area contributed by atoms with E-state index in [1.165, 1.54) is 18.3 Å². The normalized spacial score (nSPS) is 10.7. The standard InChI is InChI=1S/C25H22Cl2N2O5/c1-3-32-23-12-17(14-28-29-24(30)15-33-21-7-5-4-6-16(21)2)8-11-22(23)34-25(31)19-10-9-18(26)13-20(19)27/h4-14H,3,15H2,1-2H3,(H,29,30)/b28-14-. The van der Waals surface area contributed by atoms with Crippen molar-refractivity contribution in [3.05, 3.63) is 87.4 Å². The van der Waals surface area contributed by atoms with Crippen molar-refractivity contribution in [2.24, 2.45) is 5.10 Å². The molecule has 176 valence electrons. The van der Waals surface area contributed by atoms with Crippen LogP contribution in [-0.2, 0) is 4.79 Å². The number of carbonyl (C=O) groups is 2. The van der Waals surface area contributed by atoms with Crippen LogP contribution in [0, 0.1) is 6.92 Å². The van der Waals surface area contributed by atoms with Crippen LogP contribution >= 0.6 is 23.2 Å². The Balaban J connectivity index is 1.62. The largest absolute Gasteiger partial charge is 0.490 e. The Kier molecular flexibility index (Phi) is 8.90. The van der Waals surface area contributed by atoms with E-state index in [4.69, 9.17) is 37.4 Å². The number of benzene rings is 3. The van der Waals surface area contributed by atoms with E-state index < -0.39 is 11.9 Å². The van der Waals surface area contributed by atoms with E-state index in [1.807, 2.05) is 25.1 Å². The van der Waals surface area contributed by atoms with E-state index in [-0.39, 0.29) is 22.9 Å². The van der Waals surface area contributed by atoms with Crippen LogP contribution in [-0.4, -0.2) is 31.3 Å². The van der Waals surface area contributed by atoms with Gasteiger partial charge < -0.3 is 14.2 Å². The Hall–Kier alpha value is -3.55. The van der Waals surface area contributed by atoms with E-state index in [0.717, 1.165) is 5.56 Å². The highest BCUT2D eigenvalue weighted by Gasteiger charge is 2.16. The Labute approximate surface area is 207 Å². The highest BCUT2D eigenvalue weighted by Crippen LogP contribution is 2.30. The zero-order valence-corrected chi connectivity index (χ0v) is 20.0. The summed E-state index contributed by atoms with van der Waals surface area (Å²) >= 11 is 12.0. The SMILES string of the molecule is CCOc1cc(/C=N\NC(=O)COc2ccccc2C)ccc1OC(=O)c1ccc(Cl)cc1Cl. The lowest BCUT2D eigenvalue weighted by atomic mass is 10.2. The second-order valence-corrected chi connectivity index (χ2v) is 7.84. The number of halogens is 2. The number of carbonyl (C=O) groups excluding carboxylic acids is 2. The third-order valence-electron chi connectivity index (χ3n) is 4.48. The second kappa shape index (κ2) is 12.1. The number of hydrazone groups is 1. The number of ether oxygens (including phenoxy) is 3. The predicted octanol–water partition coefficient (Wildman–Crippen LogP) is 5.45. The van der Waals surface area contributed by atoms with Crippen molar-refractivity contribution in [2.75, 3.05) is 13.2 Å². The summed E-state index contributed by atoms with van der Waals surface area (Å²) in [6.07, 6.45) is 1.44. The lowest BCUT2D eigenvalue weighted by Crippen LogP contribution is -2.24. The highest BCUT2D eigenvalue weighted by atomic mass is 35.5. The number of nitrogens with one attached hydrogen (secondary N) is 1. The van der Waals surface area contributed by atoms with E-state index in [2.05, 4.69) is 10.5 Å². The fraction of sp³-hybridized carbons (Fsp3) is 0.160.